The Hall–Kier alpha value is -4.28. The molecule has 0 fully saturated rings. The lowest BCUT2D eigenvalue weighted by molar-refractivity contribution is 0.863. The molecule has 4 aromatic carbocycles. The first-order chi connectivity index (χ1) is 18.1. The molecule has 2 aliphatic carbocycles. The molecule has 0 aromatic heterocycles. The molecule has 1 nitrogen and oxygen atoms in total. The molecule has 180 valence electrons. The van der Waals surface area contributed by atoms with E-state index in [1.165, 1.54) is 55.9 Å². The lowest BCUT2D eigenvalue weighted by Gasteiger charge is -2.23. The molecular weight excluding hydrogens is 446 g/mol. The van der Waals surface area contributed by atoms with E-state index in [0.29, 0.717) is 5.92 Å². The molecule has 0 saturated heterocycles. The Kier molecular flexibility index (Phi) is 6.03. The van der Waals surface area contributed by atoms with Crippen LogP contribution in [0.3, 0.4) is 0 Å². The highest BCUT2D eigenvalue weighted by Crippen LogP contribution is 2.42. The maximum atomic E-state index is 3.44. The van der Waals surface area contributed by atoms with E-state index < -0.39 is 0 Å². The zero-order valence-electron chi connectivity index (χ0n) is 21.8. The largest absolute Gasteiger partial charge is 0.347 e. The molecule has 0 amide bonds. The monoisotopic (exact) mass is 477 g/mol. The Morgan fingerprint density at radius 2 is 1.32 bits per heavy atom. The molecule has 0 aliphatic heterocycles. The van der Waals surface area contributed by atoms with Crippen LogP contribution in [0.15, 0.2) is 109 Å². The van der Waals surface area contributed by atoms with Crippen molar-refractivity contribution in [1.29, 1.82) is 0 Å². The summed E-state index contributed by atoms with van der Waals surface area (Å²) in [7, 11) is 2.16. The lowest BCUT2D eigenvalue weighted by atomic mass is 9.92. The maximum Gasteiger partial charge on any atom is 0.0497 e. The zero-order valence-corrected chi connectivity index (χ0v) is 21.8. The summed E-state index contributed by atoms with van der Waals surface area (Å²) in [6.07, 6.45) is 6.09. The summed E-state index contributed by atoms with van der Waals surface area (Å²) in [6.45, 7) is 4.49. The van der Waals surface area contributed by atoms with Gasteiger partial charge in [-0.2, -0.15) is 0 Å². The highest BCUT2D eigenvalue weighted by molar-refractivity contribution is 5.90. The van der Waals surface area contributed by atoms with Crippen molar-refractivity contribution in [3.05, 3.63) is 131 Å². The van der Waals surface area contributed by atoms with E-state index in [2.05, 4.69) is 141 Å². The van der Waals surface area contributed by atoms with Gasteiger partial charge in [0.15, 0.2) is 0 Å². The van der Waals surface area contributed by atoms with Gasteiger partial charge in [0.2, 0.25) is 0 Å². The van der Waals surface area contributed by atoms with Gasteiger partial charge in [0.25, 0.3) is 0 Å². The van der Waals surface area contributed by atoms with Gasteiger partial charge in [0, 0.05) is 30.4 Å². The molecule has 0 N–H and O–H groups in total. The average molecular weight is 478 g/mol. The minimum absolute atomic E-state index is 0.460. The Morgan fingerprint density at radius 1 is 0.676 bits per heavy atom. The number of allylic oxidation sites excluding steroid dienone is 4. The van der Waals surface area contributed by atoms with Crippen LogP contribution in [0.25, 0.3) is 27.8 Å². The van der Waals surface area contributed by atoms with Gasteiger partial charge in [0.1, 0.15) is 0 Å². The van der Waals surface area contributed by atoms with Crippen LogP contribution < -0.4 is 4.90 Å². The molecule has 0 heterocycles. The highest BCUT2D eigenvalue weighted by atomic mass is 15.1. The van der Waals surface area contributed by atoms with Crippen molar-refractivity contribution < 1.29 is 0 Å². The first kappa shape index (κ1) is 23.1. The summed E-state index contributed by atoms with van der Waals surface area (Å²) in [5.74, 6) is 7.34. The predicted octanol–water partition coefficient (Wildman–Crippen LogP) is 8.86. The van der Waals surface area contributed by atoms with Gasteiger partial charge >= 0.3 is 0 Å². The molecule has 0 saturated carbocycles. The second-order valence-electron chi connectivity index (χ2n) is 10.2. The van der Waals surface area contributed by atoms with Crippen LogP contribution in [-0.2, 0) is 6.42 Å². The van der Waals surface area contributed by atoms with Gasteiger partial charge in [0.05, 0.1) is 0 Å². The Balaban J connectivity index is 1.38. The van der Waals surface area contributed by atoms with E-state index >= 15 is 0 Å². The fraction of sp³-hybridized carbons (Fsp3) is 0.167. The molecule has 1 heteroatoms. The van der Waals surface area contributed by atoms with Gasteiger partial charge in [-0.15, -0.1) is 0 Å². The molecule has 0 radical (unpaired) electrons. The van der Waals surface area contributed by atoms with Crippen LogP contribution in [-0.4, -0.2) is 7.05 Å². The summed E-state index contributed by atoms with van der Waals surface area (Å²) < 4.78 is 0. The van der Waals surface area contributed by atoms with Gasteiger partial charge in [-0.1, -0.05) is 105 Å². The lowest BCUT2D eigenvalue weighted by Crippen LogP contribution is -2.16. The Labute approximate surface area is 220 Å². The molecular formula is C36H31N. The number of rotatable bonds is 4. The highest BCUT2D eigenvalue weighted by Gasteiger charge is 2.20. The summed E-state index contributed by atoms with van der Waals surface area (Å²) >= 11 is 0. The van der Waals surface area contributed by atoms with Crippen molar-refractivity contribution in [2.24, 2.45) is 0 Å². The van der Waals surface area contributed by atoms with Crippen LogP contribution >= 0.6 is 0 Å². The number of anilines is 1. The summed E-state index contributed by atoms with van der Waals surface area (Å²) in [5.41, 5.74) is 14.1. The first-order valence-electron chi connectivity index (χ1n) is 13.1. The molecule has 37 heavy (non-hydrogen) atoms. The fourth-order valence-electron chi connectivity index (χ4n) is 5.58. The standard InChI is InChI=1S/C36H31N/c1-25(2)31-14-6-7-15-32(31)26-12-10-13-29(21-19-26)37(3)30-22-20-28-23-27-11-4-5-16-33(27)34-17-8-9-18-35(34)36(28)24-30/h4-9,11,14-22,24-25H,13,23H2,1-3H3. The number of fused-ring (bicyclic) bond motifs is 5. The quantitative estimate of drug-likeness (QED) is 0.234. The van der Waals surface area contributed by atoms with Crippen LogP contribution in [0.2, 0.25) is 0 Å². The van der Waals surface area contributed by atoms with Crippen molar-refractivity contribution in [3.63, 3.8) is 0 Å². The minimum atomic E-state index is 0.460. The molecule has 0 spiro atoms. The van der Waals surface area contributed by atoms with Crippen LogP contribution in [0.1, 0.15) is 48.4 Å². The SMILES string of the molecule is CC(C)c1ccccc1C1=CC=C(N(C)c2ccc3c(c2)-c2ccccc2-c2ccccc2C3)CC#C1. The predicted molar refractivity (Wildman–Crippen MR) is 158 cm³/mol. The van der Waals surface area contributed by atoms with Crippen molar-refractivity contribution in [1.82, 2.24) is 0 Å². The summed E-state index contributed by atoms with van der Waals surface area (Å²) in [5, 5.41) is 0. The van der Waals surface area contributed by atoms with Crippen molar-refractivity contribution in [2.45, 2.75) is 32.6 Å². The third-order valence-corrected chi connectivity index (χ3v) is 7.63. The molecule has 4 aromatic rings. The fourth-order valence-corrected chi connectivity index (χ4v) is 5.58. The van der Waals surface area contributed by atoms with Crippen LogP contribution in [0.4, 0.5) is 5.69 Å². The normalized spacial score (nSPS) is 13.6. The van der Waals surface area contributed by atoms with Gasteiger partial charge in [-0.3, -0.25) is 0 Å². The van der Waals surface area contributed by atoms with Crippen molar-refractivity contribution in [2.75, 3.05) is 11.9 Å². The minimum Gasteiger partial charge on any atom is -0.347 e. The van der Waals surface area contributed by atoms with E-state index in [-0.39, 0.29) is 0 Å². The molecule has 0 bridgehead atoms. The topological polar surface area (TPSA) is 3.24 Å². The van der Waals surface area contributed by atoms with Gasteiger partial charge < -0.3 is 4.90 Å². The van der Waals surface area contributed by atoms with E-state index in [9.17, 15) is 0 Å². The van der Waals surface area contributed by atoms with Crippen molar-refractivity contribution >= 4 is 11.3 Å². The Bertz CT molecular complexity index is 1620. The van der Waals surface area contributed by atoms with Crippen LogP contribution in [0.5, 0.6) is 0 Å². The second kappa shape index (κ2) is 9.64. The molecule has 2 aliphatic rings. The number of hydrogen-bond acceptors (Lipinski definition) is 1. The Morgan fingerprint density at radius 3 is 2.11 bits per heavy atom. The third-order valence-electron chi connectivity index (χ3n) is 7.63. The summed E-state index contributed by atoms with van der Waals surface area (Å²) in [6, 6.07) is 33.2. The average Bonchev–Trinajstić information content (AvgIpc) is 3.26. The smallest absolute Gasteiger partial charge is 0.0497 e. The van der Waals surface area contributed by atoms with Crippen LogP contribution in [0, 0.1) is 11.8 Å². The van der Waals surface area contributed by atoms with E-state index in [0.717, 1.165) is 18.4 Å². The summed E-state index contributed by atoms with van der Waals surface area (Å²) in [4.78, 5) is 2.30. The molecule has 6 rings (SSSR count). The van der Waals surface area contributed by atoms with Gasteiger partial charge in [-0.25, -0.2) is 0 Å². The second-order valence-corrected chi connectivity index (χ2v) is 10.2. The van der Waals surface area contributed by atoms with E-state index in [1.54, 1.807) is 0 Å². The van der Waals surface area contributed by atoms with Gasteiger partial charge in [-0.05, 0) is 81.1 Å². The number of hydrogen-bond donors (Lipinski definition) is 0. The maximum absolute atomic E-state index is 3.44. The van der Waals surface area contributed by atoms with E-state index in [1.807, 2.05) is 0 Å². The third kappa shape index (κ3) is 4.30. The molecule has 0 unspecified atom stereocenters. The van der Waals surface area contributed by atoms with E-state index in [4.69, 9.17) is 0 Å². The first-order valence-corrected chi connectivity index (χ1v) is 13.1. The zero-order chi connectivity index (χ0) is 25.4. The number of nitrogens with zero attached hydrogens (tertiary/aromatic N) is 1. The number of benzene rings is 4. The molecule has 0 atom stereocenters. The van der Waals surface area contributed by atoms with Crippen molar-refractivity contribution in [3.8, 4) is 34.1 Å².